The van der Waals surface area contributed by atoms with Gasteiger partial charge in [-0.1, -0.05) is 18.3 Å². The summed E-state index contributed by atoms with van der Waals surface area (Å²) in [5.74, 6) is 4.74. The van der Waals surface area contributed by atoms with Crippen molar-refractivity contribution in [1.29, 1.82) is 0 Å². The van der Waals surface area contributed by atoms with E-state index in [1.807, 2.05) is 0 Å². The largest absolute Gasteiger partial charge is 0.469 e. The maximum atomic E-state index is 12.9. The molecule has 24 heavy (non-hydrogen) atoms. The Balaban J connectivity index is 2.68. The van der Waals surface area contributed by atoms with Gasteiger partial charge in [0.25, 0.3) is 5.69 Å². The molecular weight excluding hydrogens is 327 g/mol. The first-order chi connectivity index (χ1) is 11.3. The van der Waals surface area contributed by atoms with Gasteiger partial charge >= 0.3 is 12.1 Å². The summed E-state index contributed by atoms with van der Waals surface area (Å²) in [5.41, 5.74) is -2.03. The topological polar surface area (TPSA) is 69.4 Å². The van der Waals surface area contributed by atoms with Crippen LogP contribution >= 0.6 is 0 Å². The molecule has 0 aromatic heterocycles. The van der Waals surface area contributed by atoms with E-state index in [0.717, 1.165) is 12.1 Å². The first kappa shape index (κ1) is 19.5. The van der Waals surface area contributed by atoms with Gasteiger partial charge in [0, 0.05) is 30.5 Å². The molecule has 0 N–H and O–H groups in total. The quantitative estimate of drug-likeness (QED) is 0.256. The maximum absolute atomic E-state index is 12.9. The molecule has 0 aliphatic rings. The molecule has 0 radical (unpaired) electrons. The van der Waals surface area contributed by atoms with Crippen molar-refractivity contribution >= 4 is 11.7 Å². The zero-order chi connectivity index (χ0) is 18.2. The van der Waals surface area contributed by atoms with Crippen LogP contribution in [0.2, 0.25) is 0 Å². The SMILES string of the molecule is COC(=O)CCCCCC#Cc1ccc([N+](=O)[O-])cc1C(F)(F)F. The number of nitrogens with zero attached hydrogens (tertiary/aromatic N) is 1. The summed E-state index contributed by atoms with van der Waals surface area (Å²) in [7, 11) is 1.30. The minimum atomic E-state index is -4.71. The van der Waals surface area contributed by atoms with Crippen molar-refractivity contribution in [3.05, 3.63) is 39.4 Å². The third kappa shape index (κ3) is 6.28. The number of non-ortho nitro benzene ring substituents is 1. The Hall–Kier alpha value is -2.56. The van der Waals surface area contributed by atoms with Crippen LogP contribution in [-0.4, -0.2) is 18.0 Å². The monoisotopic (exact) mass is 343 g/mol. The molecule has 0 amide bonds. The Morgan fingerprint density at radius 1 is 1.29 bits per heavy atom. The fourth-order valence-corrected chi connectivity index (χ4v) is 1.91. The van der Waals surface area contributed by atoms with Crippen molar-refractivity contribution in [3.8, 4) is 11.8 Å². The van der Waals surface area contributed by atoms with E-state index in [1.165, 1.54) is 7.11 Å². The molecular formula is C16H16F3NO4. The number of nitro benzene ring substituents is 1. The molecule has 5 nitrogen and oxygen atoms in total. The van der Waals surface area contributed by atoms with Crippen LogP contribution in [0.25, 0.3) is 0 Å². The number of nitro groups is 1. The summed E-state index contributed by atoms with van der Waals surface area (Å²) in [5, 5.41) is 10.6. The number of rotatable bonds is 6. The first-order valence-corrected chi connectivity index (χ1v) is 7.17. The Kier molecular flexibility index (Phi) is 7.24. The number of hydrogen-bond donors (Lipinski definition) is 0. The molecule has 0 fully saturated rings. The lowest BCUT2D eigenvalue weighted by Gasteiger charge is -2.08. The molecule has 1 rings (SSSR count). The average Bonchev–Trinajstić information content (AvgIpc) is 2.52. The molecule has 8 heteroatoms. The third-order valence-electron chi connectivity index (χ3n) is 3.15. The molecule has 1 aromatic carbocycles. The number of benzene rings is 1. The van der Waals surface area contributed by atoms with Crippen LogP contribution in [0.1, 0.15) is 43.2 Å². The predicted octanol–water partition coefficient (Wildman–Crippen LogP) is 4.09. The number of ether oxygens (including phenoxy) is 1. The van der Waals surface area contributed by atoms with Crippen LogP contribution < -0.4 is 0 Å². The lowest BCUT2D eigenvalue weighted by Crippen LogP contribution is -2.08. The van der Waals surface area contributed by atoms with Crippen molar-refractivity contribution < 1.29 is 27.6 Å². The number of halogens is 3. The molecule has 0 spiro atoms. The van der Waals surface area contributed by atoms with Gasteiger partial charge in [0.15, 0.2) is 0 Å². The third-order valence-corrected chi connectivity index (χ3v) is 3.15. The summed E-state index contributed by atoms with van der Waals surface area (Å²) in [6.45, 7) is 0. The van der Waals surface area contributed by atoms with E-state index in [1.54, 1.807) is 0 Å². The number of carbonyl (C=O) groups excluding carboxylic acids is 1. The van der Waals surface area contributed by atoms with Gasteiger partial charge in [-0.2, -0.15) is 13.2 Å². The average molecular weight is 343 g/mol. The Morgan fingerprint density at radius 3 is 2.58 bits per heavy atom. The highest BCUT2D eigenvalue weighted by molar-refractivity contribution is 5.68. The van der Waals surface area contributed by atoms with E-state index in [-0.39, 0.29) is 11.5 Å². The molecule has 0 heterocycles. The van der Waals surface area contributed by atoms with Gasteiger partial charge in [0.2, 0.25) is 0 Å². The van der Waals surface area contributed by atoms with Crippen molar-refractivity contribution in [1.82, 2.24) is 0 Å². The van der Waals surface area contributed by atoms with Crippen LogP contribution in [0.3, 0.4) is 0 Å². The lowest BCUT2D eigenvalue weighted by molar-refractivity contribution is -0.385. The van der Waals surface area contributed by atoms with E-state index in [0.29, 0.717) is 38.2 Å². The minimum Gasteiger partial charge on any atom is -0.469 e. The summed E-state index contributed by atoms with van der Waals surface area (Å²) in [4.78, 5) is 20.6. The number of esters is 1. The summed E-state index contributed by atoms with van der Waals surface area (Å²) < 4.78 is 43.3. The highest BCUT2D eigenvalue weighted by Gasteiger charge is 2.34. The number of carbonyl (C=O) groups is 1. The minimum absolute atomic E-state index is 0.289. The van der Waals surface area contributed by atoms with Gasteiger partial charge < -0.3 is 4.74 Å². The second-order valence-electron chi connectivity index (χ2n) is 4.92. The fourth-order valence-electron chi connectivity index (χ4n) is 1.91. The van der Waals surface area contributed by atoms with E-state index >= 15 is 0 Å². The van der Waals surface area contributed by atoms with Crippen molar-refractivity contribution in [3.63, 3.8) is 0 Å². The second-order valence-corrected chi connectivity index (χ2v) is 4.92. The molecule has 0 saturated carbocycles. The van der Waals surface area contributed by atoms with Gasteiger partial charge in [0.05, 0.1) is 17.6 Å². The van der Waals surface area contributed by atoms with Crippen LogP contribution in [0, 0.1) is 22.0 Å². The normalized spacial score (nSPS) is 10.7. The summed E-state index contributed by atoms with van der Waals surface area (Å²) >= 11 is 0. The van der Waals surface area contributed by atoms with Crippen molar-refractivity contribution in [2.24, 2.45) is 0 Å². The summed E-state index contributed by atoms with van der Waals surface area (Å²) in [6.07, 6.45) is -2.08. The predicted molar refractivity (Wildman–Crippen MR) is 80.1 cm³/mol. The molecule has 1 aromatic rings. The molecule has 0 atom stereocenters. The van der Waals surface area contributed by atoms with Crippen LogP contribution in [0.4, 0.5) is 18.9 Å². The second kappa shape index (κ2) is 8.91. The van der Waals surface area contributed by atoms with E-state index in [2.05, 4.69) is 16.6 Å². The number of hydrogen-bond acceptors (Lipinski definition) is 4. The highest BCUT2D eigenvalue weighted by atomic mass is 19.4. The number of alkyl halides is 3. The van der Waals surface area contributed by atoms with Gasteiger partial charge in [0.1, 0.15) is 0 Å². The highest BCUT2D eigenvalue weighted by Crippen LogP contribution is 2.34. The number of unbranched alkanes of at least 4 members (excludes halogenated alkanes) is 3. The molecule has 0 bridgehead atoms. The Bertz CT molecular complexity index is 660. The fraction of sp³-hybridized carbons (Fsp3) is 0.438. The Labute approximate surface area is 137 Å². The molecule has 0 saturated heterocycles. The standard InChI is InChI=1S/C16H16F3NO4/c1-24-15(21)8-6-4-2-3-5-7-12-9-10-13(20(22)23)11-14(12)16(17,18)19/h9-11H,2-4,6,8H2,1H3. The van der Waals surface area contributed by atoms with Crippen molar-refractivity contribution in [2.45, 2.75) is 38.3 Å². The van der Waals surface area contributed by atoms with Crippen LogP contribution in [-0.2, 0) is 15.7 Å². The first-order valence-electron chi connectivity index (χ1n) is 7.17. The maximum Gasteiger partial charge on any atom is 0.417 e. The van der Waals surface area contributed by atoms with E-state index < -0.39 is 22.4 Å². The lowest BCUT2D eigenvalue weighted by atomic mass is 10.1. The van der Waals surface area contributed by atoms with Gasteiger partial charge in [-0.3, -0.25) is 14.9 Å². The molecule has 0 aliphatic heterocycles. The zero-order valence-corrected chi connectivity index (χ0v) is 13.0. The van der Waals surface area contributed by atoms with Crippen LogP contribution in [0.15, 0.2) is 18.2 Å². The van der Waals surface area contributed by atoms with E-state index in [4.69, 9.17) is 0 Å². The van der Waals surface area contributed by atoms with Crippen molar-refractivity contribution in [2.75, 3.05) is 7.11 Å². The molecule has 0 aliphatic carbocycles. The van der Waals surface area contributed by atoms with E-state index in [9.17, 15) is 28.1 Å². The Morgan fingerprint density at radius 2 is 2.00 bits per heavy atom. The molecule has 130 valence electrons. The van der Waals surface area contributed by atoms with Gasteiger partial charge in [-0.25, -0.2) is 0 Å². The summed E-state index contributed by atoms with van der Waals surface area (Å²) in [6, 6.07) is 2.49. The molecule has 0 unspecified atom stereocenters. The number of methoxy groups -OCH3 is 1. The van der Waals surface area contributed by atoms with Crippen LogP contribution in [0.5, 0.6) is 0 Å². The van der Waals surface area contributed by atoms with Gasteiger partial charge in [-0.05, 0) is 18.9 Å². The smallest absolute Gasteiger partial charge is 0.417 e. The zero-order valence-electron chi connectivity index (χ0n) is 13.0. The van der Waals surface area contributed by atoms with Gasteiger partial charge in [-0.15, -0.1) is 0 Å².